The number of nitrogens with one attached hydrogen (secondary N) is 1. The zero-order chi connectivity index (χ0) is 25.5. The second kappa shape index (κ2) is 11.4. The third-order valence-electron chi connectivity index (χ3n) is 5.86. The minimum atomic E-state index is -0.198. The lowest BCUT2D eigenvalue weighted by atomic mass is 9.95. The number of aromatic nitrogens is 3. The molecule has 2 aromatic heterocycles. The number of carbonyl (C=O) groups is 2. The van der Waals surface area contributed by atoms with E-state index in [1.165, 1.54) is 0 Å². The molecule has 0 saturated carbocycles. The monoisotopic (exact) mass is 480 g/mol. The van der Waals surface area contributed by atoms with Gasteiger partial charge in [0.1, 0.15) is 11.5 Å². The summed E-state index contributed by atoms with van der Waals surface area (Å²) in [5.41, 5.74) is 5.64. The Bertz CT molecular complexity index is 1370. The van der Waals surface area contributed by atoms with Crippen molar-refractivity contribution in [2.75, 3.05) is 12.4 Å². The van der Waals surface area contributed by atoms with Crippen molar-refractivity contribution in [3.63, 3.8) is 0 Å². The number of hydrogen-bond acceptors (Lipinski definition) is 6. The van der Waals surface area contributed by atoms with Gasteiger partial charge in [0, 0.05) is 41.8 Å². The maximum atomic E-state index is 12.5. The third-order valence-corrected chi connectivity index (χ3v) is 5.86. The molecule has 0 fully saturated rings. The Hall–Kier alpha value is -4.39. The number of pyridine rings is 1. The first-order valence-electron chi connectivity index (χ1n) is 11.7. The van der Waals surface area contributed by atoms with Crippen LogP contribution in [0.2, 0.25) is 0 Å². The summed E-state index contributed by atoms with van der Waals surface area (Å²) in [5.74, 6) is 0.694. The zero-order valence-corrected chi connectivity index (χ0v) is 20.6. The fourth-order valence-electron chi connectivity index (χ4n) is 4.02. The van der Waals surface area contributed by atoms with Crippen LogP contribution in [-0.2, 0) is 17.6 Å². The summed E-state index contributed by atoms with van der Waals surface area (Å²) in [6, 6.07) is 17.0. The molecule has 1 N–H and O–H groups in total. The first-order valence-corrected chi connectivity index (χ1v) is 11.7. The van der Waals surface area contributed by atoms with Gasteiger partial charge in [0.2, 0.25) is 0 Å². The van der Waals surface area contributed by atoms with Crippen LogP contribution in [0.15, 0.2) is 79.4 Å². The van der Waals surface area contributed by atoms with Crippen molar-refractivity contribution in [3.8, 4) is 17.0 Å². The van der Waals surface area contributed by atoms with E-state index in [4.69, 9.17) is 9.72 Å². The number of anilines is 1. The van der Waals surface area contributed by atoms with Gasteiger partial charge in [-0.25, -0.2) is 4.98 Å². The molecule has 182 valence electrons. The maximum Gasteiger partial charge on any atom is 0.257 e. The van der Waals surface area contributed by atoms with E-state index in [0.717, 1.165) is 33.8 Å². The molecule has 2 heterocycles. The van der Waals surface area contributed by atoms with Gasteiger partial charge in [0.15, 0.2) is 0 Å². The maximum absolute atomic E-state index is 12.5. The first-order chi connectivity index (χ1) is 17.4. The smallest absolute Gasteiger partial charge is 0.257 e. The quantitative estimate of drug-likeness (QED) is 0.350. The molecule has 4 rings (SSSR count). The molecule has 0 bridgehead atoms. The molecular weight excluding hydrogens is 452 g/mol. The highest BCUT2D eigenvalue weighted by atomic mass is 16.5. The van der Waals surface area contributed by atoms with Gasteiger partial charge in [0.25, 0.3) is 5.91 Å². The van der Waals surface area contributed by atoms with Crippen molar-refractivity contribution < 1.29 is 14.3 Å². The molecule has 1 atom stereocenters. The Morgan fingerprint density at radius 3 is 2.61 bits per heavy atom. The average molecular weight is 481 g/mol. The molecule has 4 aromatic rings. The first kappa shape index (κ1) is 24.7. The van der Waals surface area contributed by atoms with E-state index in [1.54, 1.807) is 51.0 Å². The molecule has 0 spiro atoms. The van der Waals surface area contributed by atoms with Crippen molar-refractivity contribution >= 4 is 17.4 Å². The van der Waals surface area contributed by atoms with Crippen LogP contribution in [0.25, 0.3) is 11.3 Å². The topological polar surface area (TPSA) is 94.1 Å². The molecule has 0 aliphatic rings. The number of amides is 1. The van der Waals surface area contributed by atoms with Gasteiger partial charge in [-0.15, -0.1) is 0 Å². The van der Waals surface area contributed by atoms with Gasteiger partial charge in [-0.05, 0) is 55.2 Å². The van der Waals surface area contributed by atoms with E-state index in [2.05, 4.69) is 22.2 Å². The SMILES string of the molecule is COc1cc(-c2cncc(C[C@@H](C)c3cccc(NC(=O)c4cccnc4)c3)n2)ccc1CC(C)=O. The van der Waals surface area contributed by atoms with Gasteiger partial charge >= 0.3 is 0 Å². The Morgan fingerprint density at radius 2 is 1.86 bits per heavy atom. The predicted molar refractivity (Wildman–Crippen MR) is 139 cm³/mol. The van der Waals surface area contributed by atoms with E-state index in [-0.39, 0.29) is 17.6 Å². The number of Topliss-reactive ketones (excluding diaryl/α,β-unsaturated/α-hetero) is 1. The fraction of sp³-hybridized carbons (Fsp3) is 0.207. The molecule has 0 aliphatic heterocycles. The number of rotatable bonds is 9. The zero-order valence-electron chi connectivity index (χ0n) is 20.6. The summed E-state index contributed by atoms with van der Waals surface area (Å²) < 4.78 is 5.49. The highest BCUT2D eigenvalue weighted by Crippen LogP contribution is 2.28. The number of carbonyl (C=O) groups excluding carboxylic acids is 2. The second-order valence-electron chi connectivity index (χ2n) is 8.73. The Labute approximate surface area is 210 Å². The van der Waals surface area contributed by atoms with Crippen molar-refractivity contribution in [2.24, 2.45) is 0 Å². The summed E-state index contributed by atoms with van der Waals surface area (Å²) in [4.78, 5) is 37.2. The van der Waals surface area contributed by atoms with Crippen LogP contribution >= 0.6 is 0 Å². The van der Waals surface area contributed by atoms with Crippen molar-refractivity contribution in [1.82, 2.24) is 15.0 Å². The molecule has 36 heavy (non-hydrogen) atoms. The number of nitrogens with zero attached hydrogens (tertiary/aromatic N) is 3. The fourth-order valence-corrected chi connectivity index (χ4v) is 4.02. The Morgan fingerprint density at radius 1 is 1.00 bits per heavy atom. The summed E-state index contributed by atoms with van der Waals surface area (Å²) in [7, 11) is 1.60. The van der Waals surface area contributed by atoms with Gasteiger partial charge in [-0.1, -0.05) is 31.2 Å². The summed E-state index contributed by atoms with van der Waals surface area (Å²) in [6.45, 7) is 3.68. The van der Waals surface area contributed by atoms with Crippen LogP contribution < -0.4 is 10.1 Å². The highest BCUT2D eigenvalue weighted by Gasteiger charge is 2.13. The summed E-state index contributed by atoms with van der Waals surface area (Å²) in [5, 5.41) is 2.94. The van der Waals surface area contributed by atoms with Crippen molar-refractivity contribution in [3.05, 3.63) is 102 Å². The second-order valence-corrected chi connectivity index (χ2v) is 8.73. The molecule has 0 saturated heterocycles. The molecule has 1 amide bonds. The van der Waals surface area contributed by atoms with Crippen LogP contribution in [-0.4, -0.2) is 33.8 Å². The van der Waals surface area contributed by atoms with Gasteiger partial charge in [-0.3, -0.25) is 19.6 Å². The third kappa shape index (κ3) is 6.18. The lowest BCUT2D eigenvalue weighted by Crippen LogP contribution is -2.12. The lowest BCUT2D eigenvalue weighted by molar-refractivity contribution is -0.116. The number of ether oxygens (including phenoxy) is 1. The van der Waals surface area contributed by atoms with Crippen LogP contribution in [0.1, 0.15) is 46.9 Å². The number of methoxy groups -OCH3 is 1. The van der Waals surface area contributed by atoms with Crippen LogP contribution in [0.5, 0.6) is 5.75 Å². The summed E-state index contributed by atoms with van der Waals surface area (Å²) >= 11 is 0. The summed E-state index contributed by atoms with van der Waals surface area (Å²) in [6.07, 6.45) is 7.68. The van der Waals surface area contributed by atoms with E-state index >= 15 is 0 Å². The van der Waals surface area contributed by atoms with E-state index in [9.17, 15) is 9.59 Å². The van der Waals surface area contributed by atoms with E-state index in [1.807, 2.05) is 42.5 Å². The average Bonchev–Trinajstić information content (AvgIpc) is 2.89. The number of hydrogen-bond donors (Lipinski definition) is 1. The predicted octanol–water partition coefficient (Wildman–Crippen LogP) is 5.28. The minimum Gasteiger partial charge on any atom is -0.496 e. The molecule has 0 unspecified atom stereocenters. The number of ketones is 1. The number of benzene rings is 2. The molecule has 2 aromatic carbocycles. The van der Waals surface area contributed by atoms with Crippen LogP contribution in [0.4, 0.5) is 5.69 Å². The Balaban J connectivity index is 1.48. The van der Waals surface area contributed by atoms with Crippen molar-refractivity contribution in [1.29, 1.82) is 0 Å². The Kier molecular flexibility index (Phi) is 7.80. The minimum absolute atomic E-state index is 0.0811. The molecular formula is C29H28N4O3. The van der Waals surface area contributed by atoms with E-state index < -0.39 is 0 Å². The molecule has 7 nitrogen and oxygen atoms in total. The lowest BCUT2D eigenvalue weighted by Gasteiger charge is -2.14. The molecule has 7 heteroatoms. The van der Waals surface area contributed by atoms with Gasteiger partial charge in [0.05, 0.1) is 30.3 Å². The van der Waals surface area contributed by atoms with Gasteiger partial charge < -0.3 is 10.1 Å². The van der Waals surface area contributed by atoms with Crippen molar-refractivity contribution in [2.45, 2.75) is 32.6 Å². The normalized spacial score (nSPS) is 11.5. The molecule has 0 aliphatic carbocycles. The standard InChI is InChI=1S/C29H28N4O3/c1-19(21-6-4-8-25(14-21)33-29(35)24-7-5-11-30-16-24)12-26-17-31-18-27(32-26)22-9-10-23(13-20(2)34)28(15-22)36-3/h4-11,14-19H,12-13H2,1-3H3,(H,33,35)/t19-/m1/s1. The van der Waals surface area contributed by atoms with E-state index in [0.29, 0.717) is 24.2 Å². The molecule has 0 radical (unpaired) electrons. The van der Waals surface area contributed by atoms with Crippen LogP contribution in [0, 0.1) is 0 Å². The highest BCUT2D eigenvalue weighted by molar-refractivity contribution is 6.04. The van der Waals surface area contributed by atoms with Crippen LogP contribution in [0.3, 0.4) is 0 Å². The largest absolute Gasteiger partial charge is 0.496 e. The van der Waals surface area contributed by atoms with Gasteiger partial charge in [-0.2, -0.15) is 0 Å².